The smallest absolute Gasteiger partial charge is 0.246 e. The maximum atomic E-state index is 11.8. The van der Waals surface area contributed by atoms with Gasteiger partial charge in [-0.05, 0) is 18.8 Å². The first-order chi connectivity index (χ1) is 8.60. The van der Waals surface area contributed by atoms with Gasteiger partial charge in [-0.25, -0.2) is 0 Å². The fourth-order valence-electron chi connectivity index (χ4n) is 2.22. The molecule has 0 aromatic carbocycles. The van der Waals surface area contributed by atoms with E-state index in [2.05, 4.69) is 6.07 Å². The van der Waals surface area contributed by atoms with Gasteiger partial charge in [0.1, 0.15) is 6.10 Å². The molecular formula is C12H16N3O3. The number of likely N-dealkylation sites (tertiary alicyclic amines) is 1. The van der Waals surface area contributed by atoms with Gasteiger partial charge in [-0.2, -0.15) is 5.26 Å². The van der Waals surface area contributed by atoms with E-state index in [9.17, 15) is 9.59 Å². The number of ether oxygens (including phenoxy) is 1. The molecule has 18 heavy (non-hydrogen) atoms. The third kappa shape index (κ3) is 2.79. The first-order valence-corrected chi connectivity index (χ1v) is 6.04. The summed E-state index contributed by atoms with van der Waals surface area (Å²) >= 11 is 0. The van der Waals surface area contributed by atoms with Crippen LogP contribution in [0.5, 0.6) is 0 Å². The summed E-state index contributed by atoms with van der Waals surface area (Å²) in [6, 6.07) is 2.12. The Morgan fingerprint density at radius 2 is 2.17 bits per heavy atom. The predicted octanol–water partition coefficient (Wildman–Crippen LogP) is -0.547. The highest BCUT2D eigenvalue weighted by atomic mass is 16.5. The Labute approximate surface area is 106 Å². The summed E-state index contributed by atoms with van der Waals surface area (Å²) in [5.74, 6) is -0.536. The quantitative estimate of drug-likeness (QED) is 0.727. The van der Waals surface area contributed by atoms with Gasteiger partial charge in [0.05, 0.1) is 18.4 Å². The standard InChI is InChI=1S/C12H16N3O3/c13-5-9-6-15(7-9)11(16)4-8-1-2-18-10(3-8)12(14)17/h4,8-10H,1-3,6-7H2,(H2,14,17)/t8?,10-/m1/s1. The van der Waals surface area contributed by atoms with E-state index >= 15 is 0 Å². The summed E-state index contributed by atoms with van der Waals surface area (Å²) in [7, 11) is 0. The summed E-state index contributed by atoms with van der Waals surface area (Å²) in [6.45, 7) is 1.46. The van der Waals surface area contributed by atoms with Crippen LogP contribution in [0.2, 0.25) is 0 Å². The fourth-order valence-corrected chi connectivity index (χ4v) is 2.22. The average Bonchev–Trinajstić information content (AvgIpc) is 2.27. The largest absolute Gasteiger partial charge is 0.368 e. The molecule has 1 radical (unpaired) electrons. The monoisotopic (exact) mass is 250 g/mol. The van der Waals surface area contributed by atoms with Gasteiger partial charge in [0.15, 0.2) is 0 Å². The Kier molecular flexibility index (Phi) is 3.82. The normalized spacial score (nSPS) is 28.3. The van der Waals surface area contributed by atoms with Crippen LogP contribution in [0.1, 0.15) is 12.8 Å². The van der Waals surface area contributed by atoms with Crippen LogP contribution in [0.4, 0.5) is 0 Å². The molecule has 97 valence electrons. The van der Waals surface area contributed by atoms with Crippen molar-refractivity contribution in [1.29, 1.82) is 5.26 Å². The van der Waals surface area contributed by atoms with Gasteiger partial charge in [0.2, 0.25) is 11.8 Å². The lowest BCUT2D eigenvalue weighted by Gasteiger charge is -2.36. The molecule has 2 aliphatic rings. The number of rotatable bonds is 3. The van der Waals surface area contributed by atoms with Gasteiger partial charge in [-0.1, -0.05) is 0 Å². The maximum absolute atomic E-state index is 11.8. The van der Waals surface area contributed by atoms with Crippen molar-refractivity contribution in [2.45, 2.75) is 18.9 Å². The molecule has 0 aromatic heterocycles. The van der Waals surface area contributed by atoms with Crippen LogP contribution in [0, 0.1) is 29.6 Å². The fraction of sp³-hybridized carbons (Fsp3) is 0.667. The second-order valence-corrected chi connectivity index (χ2v) is 4.78. The van der Waals surface area contributed by atoms with Gasteiger partial charge >= 0.3 is 0 Å². The molecule has 0 aliphatic carbocycles. The minimum Gasteiger partial charge on any atom is -0.368 e. The zero-order chi connectivity index (χ0) is 13.1. The van der Waals surface area contributed by atoms with Crippen molar-refractivity contribution < 1.29 is 14.3 Å². The van der Waals surface area contributed by atoms with E-state index in [1.54, 1.807) is 11.3 Å². The second kappa shape index (κ2) is 5.36. The van der Waals surface area contributed by atoms with Gasteiger partial charge in [-0.3, -0.25) is 9.59 Å². The Balaban J connectivity index is 1.78. The minimum absolute atomic E-state index is 0.0320. The molecule has 6 nitrogen and oxygen atoms in total. The number of carbonyl (C=O) groups excluding carboxylic acids is 2. The average molecular weight is 250 g/mol. The van der Waals surface area contributed by atoms with E-state index in [0.717, 1.165) is 6.42 Å². The molecule has 0 saturated carbocycles. The topological polar surface area (TPSA) is 96.4 Å². The van der Waals surface area contributed by atoms with Crippen LogP contribution in [-0.4, -0.2) is 42.5 Å². The van der Waals surface area contributed by atoms with E-state index in [4.69, 9.17) is 15.7 Å². The van der Waals surface area contributed by atoms with Crippen LogP contribution >= 0.6 is 0 Å². The zero-order valence-corrected chi connectivity index (χ0v) is 10.0. The number of hydrogen-bond acceptors (Lipinski definition) is 4. The van der Waals surface area contributed by atoms with Crippen molar-refractivity contribution >= 4 is 11.8 Å². The summed E-state index contributed by atoms with van der Waals surface area (Å²) < 4.78 is 5.22. The Hall–Kier alpha value is -1.61. The second-order valence-electron chi connectivity index (χ2n) is 4.78. The van der Waals surface area contributed by atoms with Crippen molar-refractivity contribution in [3.8, 4) is 6.07 Å². The van der Waals surface area contributed by atoms with Gasteiger partial charge in [0.25, 0.3) is 0 Å². The Morgan fingerprint density at radius 1 is 1.44 bits per heavy atom. The van der Waals surface area contributed by atoms with Crippen molar-refractivity contribution in [3.05, 3.63) is 6.42 Å². The number of nitrogens with zero attached hydrogens (tertiary/aromatic N) is 2. The summed E-state index contributed by atoms with van der Waals surface area (Å²) in [5.41, 5.74) is 5.18. The van der Waals surface area contributed by atoms with Crippen LogP contribution in [0.3, 0.4) is 0 Å². The van der Waals surface area contributed by atoms with Crippen molar-refractivity contribution in [2.24, 2.45) is 17.6 Å². The first kappa shape index (κ1) is 12.8. The minimum atomic E-state index is -0.587. The summed E-state index contributed by atoms with van der Waals surface area (Å²) in [5, 5.41) is 8.64. The van der Waals surface area contributed by atoms with E-state index in [0.29, 0.717) is 26.1 Å². The Bertz CT molecular complexity index is 385. The molecule has 2 atom stereocenters. The van der Waals surface area contributed by atoms with Crippen LogP contribution in [0.15, 0.2) is 0 Å². The van der Waals surface area contributed by atoms with E-state index in [1.165, 1.54) is 0 Å². The van der Waals surface area contributed by atoms with Crippen LogP contribution in [-0.2, 0) is 14.3 Å². The summed E-state index contributed by atoms with van der Waals surface area (Å²) in [6.07, 6.45) is 2.24. The molecule has 2 rings (SSSR count). The number of primary amides is 1. The molecule has 2 amide bonds. The van der Waals surface area contributed by atoms with Gasteiger partial charge < -0.3 is 15.4 Å². The molecule has 2 fully saturated rings. The van der Waals surface area contributed by atoms with E-state index in [1.807, 2.05) is 0 Å². The molecule has 2 heterocycles. The van der Waals surface area contributed by atoms with Crippen molar-refractivity contribution in [1.82, 2.24) is 4.90 Å². The highest BCUT2D eigenvalue weighted by Crippen LogP contribution is 2.25. The summed E-state index contributed by atoms with van der Waals surface area (Å²) in [4.78, 5) is 24.5. The van der Waals surface area contributed by atoms with Crippen molar-refractivity contribution in [3.63, 3.8) is 0 Å². The number of nitrogens with two attached hydrogens (primary N) is 1. The molecule has 2 saturated heterocycles. The van der Waals surface area contributed by atoms with Crippen molar-refractivity contribution in [2.75, 3.05) is 19.7 Å². The molecule has 0 bridgehead atoms. The Morgan fingerprint density at radius 3 is 2.78 bits per heavy atom. The molecule has 2 aliphatic heterocycles. The first-order valence-electron chi connectivity index (χ1n) is 6.04. The highest BCUT2D eigenvalue weighted by molar-refractivity contribution is 5.86. The highest BCUT2D eigenvalue weighted by Gasteiger charge is 2.34. The third-order valence-corrected chi connectivity index (χ3v) is 3.40. The van der Waals surface area contributed by atoms with Crippen LogP contribution in [0.25, 0.3) is 0 Å². The van der Waals surface area contributed by atoms with E-state index < -0.39 is 12.0 Å². The number of nitriles is 1. The SMILES string of the molecule is N#CC1CN(C(=O)[CH]C2CCO[C@@H](C(N)=O)C2)C1. The lowest BCUT2D eigenvalue weighted by Crippen LogP contribution is -2.50. The van der Waals surface area contributed by atoms with Gasteiger partial charge in [0, 0.05) is 19.7 Å². The molecule has 1 unspecified atom stereocenters. The number of carbonyl (C=O) groups is 2. The molecule has 6 heteroatoms. The maximum Gasteiger partial charge on any atom is 0.246 e. The molecule has 0 spiro atoms. The number of hydrogen-bond donors (Lipinski definition) is 1. The van der Waals surface area contributed by atoms with Crippen LogP contribution < -0.4 is 5.73 Å². The lowest BCUT2D eigenvalue weighted by molar-refractivity contribution is -0.137. The molecule has 2 N–H and O–H groups in total. The van der Waals surface area contributed by atoms with E-state index in [-0.39, 0.29) is 17.7 Å². The van der Waals surface area contributed by atoms with Gasteiger partial charge in [-0.15, -0.1) is 0 Å². The lowest BCUT2D eigenvalue weighted by atomic mass is 9.90. The molecule has 0 aromatic rings. The zero-order valence-electron chi connectivity index (χ0n) is 10.0. The predicted molar refractivity (Wildman–Crippen MR) is 61.6 cm³/mol. The number of amides is 2. The molecular weight excluding hydrogens is 234 g/mol. The third-order valence-electron chi connectivity index (χ3n) is 3.40.